The first-order valence-electron chi connectivity index (χ1n) is 5.33. The van der Waals surface area contributed by atoms with Crippen LogP contribution in [0.1, 0.15) is 11.1 Å². The minimum atomic E-state index is -0.506. The highest BCUT2D eigenvalue weighted by molar-refractivity contribution is 5.85. The molecule has 0 amide bonds. The number of fused-ring (bicyclic) bond motifs is 1. The van der Waals surface area contributed by atoms with Crippen molar-refractivity contribution in [2.24, 2.45) is 5.73 Å². The molecule has 2 atom stereocenters. The summed E-state index contributed by atoms with van der Waals surface area (Å²) in [5, 5.41) is 9.79. The molecule has 5 heteroatoms. The van der Waals surface area contributed by atoms with Gasteiger partial charge in [0.25, 0.3) is 0 Å². The summed E-state index contributed by atoms with van der Waals surface area (Å²) in [5.74, 6) is 1.61. The van der Waals surface area contributed by atoms with E-state index >= 15 is 0 Å². The fraction of sp³-hybridized carbons (Fsp3) is 0.500. The van der Waals surface area contributed by atoms with Crippen LogP contribution in [0.25, 0.3) is 0 Å². The second-order valence-electron chi connectivity index (χ2n) is 4.07. The summed E-state index contributed by atoms with van der Waals surface area (Å²) in [5.41, 5.74) is 7.93. The van der Waals surface area contributed by atoms with Crippen molar-refractivity contribution >= 4 is 12.4 Å². The maximum Gasteiger partial charge on any atom is 0.122 e. The van der Waals surface area contributed by atoms with Gasteiger partial charge >= 0.3 is 0 Å². The van der Waals surface area contributed by atoms with Crippen LogP contribution in [0.15, 0.2) is 12.1 Å². The van der Waals surface area contributed by atoms with E-state index in [4.69, 9.17) is 15.2 Å². The summed E-state index contributed by atoms with van der Waals surface area (Å²) in [6.45, 7) is 0. The predicted molar refractivity (Wildman–Crippen MR) is 68.2 cm³/mol. The Hall–Kier alpha value is -0.970. The van der Waals surface area contributed by atoms with Gasteiger partial charge in [-0.2, -0.15) is 0 Å². The molecule has 0 spiro atoms. The van der Waals surface area contributed by atoms with Crippen LogP contribution >= 0.6 is 12.4 Å². The normalized spacial score (nSPS) is 22.4. The Morgan fingerprint density at radius 2 is 1.59 bits per heavy atom. The number of aliphatic hydroxyl groups is 1. The number of aliphatic hydroxyl groups excluding tert-OH is 1. The molecule has 0 aromatic heterocycles. The zero-order chi connectivity index (χ0) is 11.7. The van der Waals surface area contributed by atoms with E-state index in [0.717, 1.165) is 22.6 Å². The number of hydrogen-bond donors (Lipinski definition) is 2. The van der Waals surface area contributed by atoms with Gasteiger partial charge in [-0.25, -0.2) is 0 Å². The second kappa shape index (κ2) is 5.58. The van der Waals surface area contributed by atoms with Crippen molar-refractivity contribution < 1.29 is 14.6 Å². The van der Waals surface area contributed by atoms with Gasteiger partial charge in [-0.15, -0.1) is 12.4 Å². The molecule has 0 aliphatic heterocycles. The first-order valence-corrected chi connectivity index (χ1v) is 5.33. The van der Waals surface area contributed by atoms with E-state index in [1.54, 1.807) is 14.2 Å². The van der Waals surface area contributed by atoms with Crippen LogP contribution in [0.3, 0.4) is 0 Å². The molecule has 0 saturated carbocycles. The molecule has 17 heavy (non-hydrogen) atoms. The van der Waals surface area contributed by atoms with Crippen molar-refractivity contribution in [3.63, 3.8) is 0 Å². The molecule has 1 aliphatic rings. The molecule has 0 unspecified atom stereocenters. The van der Waals surface area contributed by atoms with E-state index in [-0.39, 0.29) is 18.4 Å². The smallest absolute Gasteiger partial charge is 0.122 e. The van der Waals surface area contributed by atoms with E-state index in [2.05, 4.69) is 0 Å². The highest BCUT2D eigenvalue weighted by Gasteiger charge is 2.28. The second-order valence-corrected chi connectivity index (χ2v) is 4.07. The van der Waals surface area contributed by atoms with Crippen LogP contribution in [-0.2, 0) is 12.8 Å². The molecular formula is C12H18ClNO3. The lowest BCUT2D eigenvalue weighted by atomic mass is 9.85. The zero-order valence-electron chi connectivity index (χ0n) is 9.97. The molecule has 0 saturated heterocycles. The van der Waals surface area contributed by atoms with Crippen LogP contribution in [0.4, 0.5) is 0 Å². The van der Waals surface area contributed by atoms with Crippen LogP contribution in [0.2, 0.25) is 0 Å². The minimum absolute atomic E-state index is 0. The third-order valence-electron chi connectivity index (χ3n) is 3.13. The number of benzene rings is 1. The lowest BCUT2D eigenvalue weighted by Crippen LogP contribution is -2.41. The molecule has 1 aromatic carbocycles. The van der Waals surface area contributed by atoms with Crippen molar-refractivity contribution in [1.82, 2.24) is 0 Å². The standard InChI is InChI=1S/C12H17NO3.ClH/c1-15-11-3-4-12(16-2)8-6-10(14)9(13)5-7(8)11;/h3-4,9-10,14H,5-6,13H2,1-2H3;1H/t9-,10-;/m1./s1. The van der Waals surface area contributed by atoms with Gasteiger partial charge in [0.05, 0.1) is 20.3 Å². The van der Waals surface area contributed by atoms with E-state index in [0.29, 0.717) is 12.8 Å². The summed E-state index contributed by atoms with van der Waals surface area (Å²) in [6.07, 6.45) is 0.641. The minimum Gasteiger partial charge on any atom is -0.496 e. The topological polar surface area (TPSA) is 64.7 Å². The quantitative estimate of drug-likeness (QED) is 0.829. The average molecular weight is 260 g/mol. The molecular weight excluding hydrogens is 242 g/mol. The lowest BCUT2D eigenvalue weighted by Gasteiger charge is -2.29. The number of methoxy groups -OCH3 is 2. The summed E-state index contributed by atoms with van der Waals surface area (Å²) in [7, 11) is 3.27. The summed E-state index contributed by atoms with van der Waals surface area (Å²) >= 11 is 0. The molecule has 1 aliphatic carbocycles. The first-order chi connectivity index (χ1) is 7.67. The van der Waals surface area contributed by atoms with E-state index in [9.17, 15) is 5.11 Å². The maximum absolute atomic E-state index is 9.79. The van der Waals surface area contributed by atoms with E-state index in [1.165, 1.54) is 0 Å². The summed E-state index contributed by atoms with van der Waals surface area (Å²) in [6, 6.07) is 3.51. The van der Waals surface area contributed by atoms with E-state index in [1.807, 2.05) is 12.1 Å². The van der Waals surface area contributed by atoms with Crippen LogP contribution in [0, 0.1) is 0 Å². The molecule has 0 bridgehead atoms. The third-order valence-corrected chi connectivity index (χ3v) is 3.13. The monoisotopic (exact) mass is 259 g/mol. The van der Waals surface area contributed by atoms with Crippen molar-refractivity contribution in [1.29, 1.82) is 0 Å². The van der Waals surface area contributed by atoms with Gasteiger partial charge in [-0.3, -0.25) is 0 Å². The average Bonchev–Trinajstić information content (AvgIpc) is 2.29. The number of ether oxygens (including phenoxy) is 2. The SMILES string of the molecule is COc1ccc(OC)c2c1C[C@@H](N)[C@H](O)C2.Cl. The number of rotatable bonds is 2. The molecule has 1 aromatic rings. The molecule has 0 fully saturated rings. The highest BCUT2D eigenvalue weighted by Crippen LogP contribution is 2.35. The van der Waals surface area contributed by atoms with Gasteiger partial charge < -0.3 is 20.3 Å². The largest absolute Gasteiger partial charge is 0.496 e. The summed E-state index contributed by atoms with van der Waals surface area (Å²) in [4.78, 5) is 0. The van der Waals surface area contributed by atoms with Crippen molar-refractivity contribution in [2.45, 2.75) is 25.0 Å². The van der Waals surface area contributed by atoms with Crippen LogP contribution < -0.4 is 15.2 Å². The Kier molecular flexibility index (Phi) is 4.62. The Morgan fingerprint density at radius 1 is 1.12 bits per heavy atom. The fourth-order valence-corrected chi connectivity index (χ4v) is 2.21. The number of halogens is 1. The van der Waals surface area contributed by atoms with Crippen LogP contribution in [0.5, 0.6) is 11.5 Å². The van der Waals surface area contributed by atoms with Crippen molar-refractivity contribution in [2.75, 3.05) is 14.2 Å². The molecule has 2 rings (SSSR count). The van der Waals surface area contributed by atoms with Gasteiger partial charge in [0.2, 0.25) is 0 Å². The first kappa shape index (κ1) is 14.1. The Balaban J connectivity index is 0.00000144. The number of hydrogen-bond acceptors (Lipinski definition) is 4. The van der Waals surface area contributed by atoms with Gasteiger partial charge in [0.1, 0.15) is 11.5 Å². The fourth-order valence-electron chi connectivity index (χ4n) is 2.21. The van der Waals surface area contributed by atoms with Gasteiger partial charge in [0.15, 0.2) is 0 Å². The van der Waals surface area contributed by atoms with Gasteiger partial charge in [0, 0.05) is 23.6 Å². The molecule has 96 valence electrons. The third kappa shape index (κ3) is 2.49. The molecule has 4 nitrogen and oxygen atoms in total. The predicted octanol–water partition coefficient (Wildman–Crippen LogP) is 0.912. The zero-order valence-corrected chi connectivity index (χ0v) is 10.8. The molecule has 3 N–H and O–H groups in total. The summed E-state index contributed by atoms with van der Waals surface area (Å²) < 4.78 is 10.6. The Morgan fingerprint density at radius 3 is 2.06 bits per heavy atom. The van der Waals surface area contributed by atoms with Crippen LogP contribution in [-0.4, -0.2) is 31.5 Å². The molecule has 0 heterocycles. The van der Waals surface area contributed by atoms with E-state index < -0.39 is 6.10 Å². The maximum atomic E-state index is 9.79. The van der Waals surface area contributed by atoms with Gasteiger partial charge in [-0.05, 0) is 18.6 Å². The van der Waals surface area contributed by atoms with Crippen molar-refractivity contribution in [3.8, 4) is 11.5 Å². The Bertz CT molecular complexity index is 361. The number of nitrogens with two attached hydrogens (primary N) is 1. The van der Waals surface area contributed by atoms with Crippen molar-refractivity contribution in [3.05, 3.63) is 23.3 Å². The molecule has 0 radical (unpaired) electrons. The highest BCUT2D eigenvalue weighted by atomic mass is 35.5. The Labute approximate surface area is 107 Å². The lowest BCUT2D eigenvalue weighted by molar-refractivity contribution is 0.135. The van der Waals surface area contributed by atoms with Gasteiger partial charge in [-0.1, -0.05) is 0 Å².